The molecule has 0 fully saturated rings. The molecule has 2 aliphatic rings. The van der Waals surface area contributed by atoms with E-state index in [4.69, 9.17) is 0 Å². The lowest BCUT2D eigenvalue weighted by Gasteiger charge is -2.36. The second kappa shape index (κ2) is 2.44. The minimum Gasteiger partial charge on any atom is -0.361 e. The molecule has 14 heavy (non-hydrogen) atoms. The second-order valence-electron chi connectivity index (χ2n) is 4.75. The van der Waals surface area contributed by atoms with Crippen LogP contribution < -0.4 is 10.2 Å². The van der Waals surface area contributed by atoms with E-state index >= 15 is 0 Å². The predicted molar refractivity (Wildman–Crippen MR) is 59.8 cm³/mol. The molecule has 0 saturated carbocycles. The Kier molecular flexibility index (Phi) is 1.42. The minimum absolute atomic E-state index is 0.0961. The van der Waals surface area contributed by atoms with Crippen LogP contribution in [0.3, 0.4) is 0 Å². The molecule has 0 unspecified atom stereocenters. The first-order valence-electron chi connectivity index (χ1n) is 5.36. The molecule has 0 aliphatic carbocycles. The summed E-state index contributed by atoms with van der Waals surface area (Å²) < 4.78 is 0. The highest BCUT2D eigenvalue weighted by Gasteiger charge is 2.37. The zero-order valence-electron chi connectivity index (χ0n) is 8.80. The largest absolute Gasteiger partial charge is 0.361 e. The summed E-state index contributed by atoms with van der Waals surface area (Å²) in [5.41, 5.74) is 4.36. The van der Waals surface area contributed by atoms with Gasteiger partial charge >= 0.3 is 0 Å². The number of anilines is 2. The Labute approximate surface area is 84.9 Å². The van der Waals surface area contributed by atoms with Crippen molar-refractivity contribution < 1.29 is 0 Å². The maximum atomic E-state index is 3.58. The number of hydrogen-bond donors (Lipinski definition) is 1. The van der Waals surface area contributed by atoms with E-state index in [2.05, 4.69) is 42.3 Å². The number of rotatable bonds is 0. The van der Waals surface area contributed by atoms with Crippen molar-refractivity contribution in [3.05, 3.63) is 23.8 Å². The molecule has 2 nitrogen and oxygen atoms in total. The minimum atomic E-state index is 0.0961. The topological polar surface area (TPSA) is 15.3 Å². The maximum absolute atomic E-state index is 3.58. The molecule has 2 heterocycles. The van der Waals surface area contributed by atoms with Gasteiger partial charge in [-0.1, -0.05) is 12.1 Å². The second-order valence-corrected chi connectivity index (χ2v) is 4.75. The van der Waals surface area contributed by atoms with Crippen molar-refractivity contribution >= 4 is 11.4 Å². The van der Waals surface area contributed by atoms with Gasteiger partial charge in [0, 0.05) is 6.54 Å². The number of nitrogens with one attached hydrogen (secondary N) is 1. The molecule has 1 aromatic carbocycles. The Morgan fingerprint density at radius 3 is 3.07 bits per heavy atom. The van der Waals surface area contributed by atoms with Gasteiger partial charge in [0.1, 0.15) is 5.66 Å². The van der Waals surface area contributed by atoms with Crippen molar-refractivity contribution in [1.82, 2.24) is 0 Å². The molecule has 0 saturated heterocycles. The standard InChI is InChI=1S/C12H16N2/c1-12(2)13-10-7-3-5-9-6-4-8-14(12)11(9)10/h3,5,7,13H,4,6,8H2,1-2H3. The first-order valence-corrected chi connectivity index (χ1v) is 5.36. The van der Waals surface area contributed by atoms with Gasteiger partial charge in [0.15, 0.2) is 0 Å². The molecular formula is C12H16N2. The molecule has 74 valence electrons. The fourth-order valence-electron chi connectivity index (χ4n) is 2.71. The zero-order valence-corrected chi connectivity index (χ0v) is 8.80. The third-order valence-electron chi connectivity index (χ3n) is 3.33. The van der Waals surface area contributed by atoms with Gasteiger partial charge in [0.2, 0.25) is 0 Å². The summed E-state index contributed by atoms with van der Waals surface area (Å²) in [6.45, 7) is 5.69. The normalized spacial score (nSPS) is 21.7. The van der Waals surface area contributed by atoms with E-state index in [1.54, 1.807) is 0 Å². The van der Waals surface area contributed by atoms with Crippen LogP contribution in [-0.4, -0.2) is 12.2 Å². The first kappa shape index (κ1) is 8.16. The summed E-state index contributed by atoms with van der Waals surface area (Å²) >= 11 is 0. The van der Waals surface area contributed by atoms with Crippen molar-refractivity contribution in [2.45, 2.75) is 32.4 Å². The zero-order chi connectivity index (χ0) is 9.76. The van der Waals surface area contributed by atoms with E-state index in [1.165, 1.54) is 36.3 Å². The Hall–Kier alpha value is -1.18. The fourth-order valence-corrected chi connectivity index (χ4v) is 2.71. The van der Waals surface area contributed by atoms with Gasteiger partial charge in [-0.2, -0.15) is 0 Å². The lowest BCUT2D eigenvalue weighted by atomic mass is 10.0. The molecule has 0 radical (unpaired) electrons. The van der Waals surface area contributed by atoms with E-state index in [0.717, 1.165) is 0 Å². The number of aryl methyl sites for hydroxylation is 1. The monoisotopic (exact) mass is 188 g/mol. The molecule has 0 spiro atoms. The average molecular weight is 188 g/mol. The Morgan fingerprint density at radius 1 is 1.36 bits per heavy atom. The molecule has 1 aromatic rings. The highest BCUT2D eigenvalue weighted by Crippen LogP contribution is 2.44. The van der Waals surface area contributed by atoms with Gasteiger partial charge in [-0.15, -0.1) is 0 Å². The van der Waals surface area contributed by atoms with E-state index in [0.29, 0.717) is 0 Å². The van der Waals surface area contributed by atoms with Crippen LogP contribution in [0.1, 0.15) is 25.8 Å². The van der Waals surface area contributed by atoms with Crippen molar-refractivity contribution in [3.63, 3.8) is 0 Å². The lowest BCUT2D eigenvalue weighted by molar-refractivity contribution is 0.519. The maximum Gasteiger partial charge on any atom is 0.105 e. The van der Waals surface area contributed by atoms with Gasteiger partial charge in [-0.25, -0.2) is 0 Å². The lowest BCUT2D eigenvalue weighted by Crippen LogP contribution is -2.47. The SMILES string of the molecule is CC1(C)Nc2cccc3c2N1CCC3. The van der Waals surface area contributed by atoms with Crippen LogP contribution in [-0.2, 0) is 6.42 Å². The van der Waals surface area contributed by atoms with Gasteiger partial charge in [0.05, 0.1) is 11.4 Å². The van der Waals surface area contributed by atoms with Crippen LogP contribution >= 0.6 is 0 Å². The highest BCUT2D eigenvalue weighted by molar-refractivity contribution is 5.81. The quantitative estimate of drug-likeness (QED) is 0.673. The first-order chi connectivity index (χ1) is 6.68. The van der Waals surface area contributed by atoms with Crippen molar-refractivity contribution in [2.75, 3.05) is 16.8 Å². The smallest absolute Gasteiger partial charge is 0.105 e. The number of benzene rings is 1. The van der Waals surface area contributed by atoms with E-state index in [1.807, 2.05) is 0 Å². The van der Waals surface area contributed by atoms with Crippen molar-refractivity contribution in [1.29, 1.82) is 0 Å². The van der Waals surface area contributed by atoms with Crippen LogP contribution in [0.4, 0.5) is 11.4 Å². The molecule has 0 atom stereocenters. The van der Waals surface area contributed by atoms with Crippen molar-refractivity contribution in [2.24, 2.45) is 0 Å². The van der Waals surface area contributed by atoms with Gasteiger partial charge < -0.3 is 10.2 Å². The van der Waals surface area contributed by atoms with Gasteiger partial charge in [-0.05, 0) is 38.3 Å². The van der Waals surface area contributed by atoms with E-state index in [-0.39, 0.29) is 5.66 Å². The molecule has 0 aromatic heterocycles. The molecule has 0 bridgehead atoms. The average Bonchev–Trinajstić information content (AvgIpc) is 2.41. The summed E-state index contributed by atoms with van der Waals surface area (Å²) in [5.74, 6) is 0. The molecule has 2 heteroatoms. The third kappa shape index (κ3) is 0.912. The summed E-state index contributed by atoms with van der Waals surface area (Å²) in [4.78, 5) is 2.50. The van der Waals surface area contributed by atoms with Crippen LogP contribution in [0.2, 0.25) is 0 Å². The summed E-state index contributed by atoms with van der Waals surface area (Å²) in [7, 11) is 0. The fraction of sp³-hybridized carbons (Fsp3) is 0.500. The molecule has 1 N–H and O–H groups in total. The summed E-state index contributed by atoms with van der Waals surface area (Å²) in [6.07, 6.45) is 2.51. The van der Waals surface area contributed by atoms with Crippen LogP contribution in [0, 0.1) is 0 Å². The van der Waals surface area contributed by atoms with E-state index in [9.17, 15) is 0 Å². The predicted octanol–water partition coefficient (Wildman–Crippen LogP) is 2.60. The number of hydrogen-bond acceptors (Lipinski definition) is 2. The third-order valence-corrected chi connectivity index (χ3v) is 3.33. The molecule has 3 rings (SSSR count). The molecular weight excluding hydrogens is 172 g/mol. The Balaban J connectivity index is 2.21. The molecule has 0 amide bonds. The molecule has 2 aliphatic heterocycles. The van der Waals surface area contributed by atoms with Gasteiger partial charge in [0.25, 0.3) is 0 Å². The van der Waals surface area contributed by atoms with Gasteiger partial charge in [-0.3, -0.25) is 0 Å². The summed E-state index contributed by atoms with van der Waals surface area (Å²) in [6, 6.07) is 6.60. The van der Waals surface area contributed by atoms with E-state index < -0.39 is 0 Å². The van der Waals surface area contributed by atoms with Crippen molar-refractivity contribution in [3.8, 4) is 0 Å². The number of nitrogens with zero attached hydrogens (tertiary/aromatic N) is 1. The van der Waals surface area contributed by atoms with Crippen LogP contribution in [0.15, 0.2) is 18.2 Å². The van der Waals surface area contributed by atoms with Crippen LogP contribution in [0.25, 0.3) is 0 Å². The Morgan fingerprint density at radius 2 is 2.21 bits per heavy atom. The number of para-hydroxylation sites is 1. The summed E-state index contributed by atoms with van der Waals surface area (Å²) in [5, 5.41) is 3.58. The Bertz CT molecular complexity index is 382. The van der Waals surface area contributed by atoms with Crippen LogP contribution in [0.5, 0.6) is 0 Å². The highest BCUT2D eigenvalue weighted by atomic mass is 15.4.